The van der Waals surface area contributed by atoms with E-state index in [0.29, 0.717) is 21.8 Å². The minimum atomic E-state index is 0.0593. The van der Waals surface area contributed by atoms with Gasteiger partial charge >= 0.3 is 0 Å². The molecule has 0 aliphatic carbocycles. The molecule has 0 saturated carbocycles. The van der Waals surface area contributed by atoms with Crippen molar-refractivity contribution in [1.82, 2.24) is 5.32 Å². The minimum absolute atomic E-state index is 0.0593. The summed E-state index contributed by atoms with van der Waals surface area (Å²) in [5, 5.41) is 4.54. The second-order valence-corrected chi connectivity index (χ2v) is 5.56. The van der Waals surface area contributed by atoms with Gasteiger partial charge in [0.05, 0.1) is 16.1 Å². The highest BCUT2D eigenvalue weighted by Crippen LogP contribution is 2.34. The molecule has 0 spiro atoms. The van der Waals surface area contributed by atoms with Crippen LogP contribution in [0.5, 0.6) is 5.75 Å². The molecular formula is C14H21Cl2NO. The lowest BCUT2D eigenvalue weighted by molar-refractivity contribution is 0.242. The summed E-state index contributed by atoms with van der Waals surface area (Å²) in [4.78, 5) is 0. The molecule has 0 aliphatic rings. The summed E-state index contributed by atoms with van der Waals surface area (Å²) in [6, 6.07) is 4.29. The van der Waals surface area contributed by atoms with E-state index in [1.165, 1.54) is 0 Å². The van der Waals surface area contributed by atoms with Crippen LogP contribution < -0.4 is 10.1 Å². The monoisotopic (exact) mass is 289 g/mol. The van der Waals surface area contributed by atoms with Crippen molar-refractivity contribution < 1.29 is 4.74 Å². The fourth-order valence-electron chi connectivity index (χ4n) is 1.50. The highest BCUT2D eigenvalue weighted by atomic mass is 35.5. The first-order valence-electron chi connectivity index (χ1n) is 6.32. The molecule has 1 aromatic carbocycles. The molecule has 1 aromatic rings. The largest absolute Gasteiger partial charge is 0.488 e. The van der Waals surface area contributed by atoms with Crippen LogP contribution in [0.25, 0.3) is 0 Å². The summed E-state index contributed by atoms with van der Waals surface area (Å²) < 4.78 is 5.59. The van der Waals surface area contributed by atoms with Crippen molar-refractivity contribution in [3.05, 3.63) is 27.7 Å². The predicted octanol–water partition coefficient (Wildman–Crippen LogP) is 4.67. The lowest BCUT2D eigenvalue weighted by Crippen LogP contribution is -2.24. The Morgan fingerprint density at radius 3 is 2.17 bits per heavy atom. The molecule has 0 radical (unpaired) electrons. The van der Waals surface area contributed by atoms with E-state index in [4.69, 9.17) is 27.9 Å². The van der Waals surface area contributed by atoms with Gasteiger partial charge in [0, 0.05) is 12.6 Å². The maximum absolute atomic E-state index is 6.19. The van der Waals surface area contributed by atoms with Gasteiger partial charge in [-0.1, -0.05) is 30.1 Å². The molecule has 4 heteroatoms. The number of halogens is 2. The second kappa shape index (κ2) is 7.22. The molecule has 1 rings (SSSR count). The summed E-state index contributed by atoms with van der Waals surface area (Å²) in [6.07, 6.45) is 1.15. The Balaban J connectivity index is 2.79. The average molecular weight is 290 g/mol. The van der Waals surface area contributed by atoms with Crippen molar-refractivity contribution in [1.29, 1.82) is 0 Å². The lowest BCUT2D eigenvalue weighted by atomic mass is 10.2. The average Bonchev–Trinajstić information content (AvgIpc) is 2.30. The van der Waals surface area contributed by atoms with Crippen molar-refractivity contribution in [3.8, 4) is 5.75 Å². The zero-order valence-corrected chi connectivity index (χ0v) is 12.9. The molecule has 102 valence electrons. The van der Waals surface area contributed by atoms with Gasteiger partial charge in [-0.2, -0.15) is 0 Å². The Morgan fingerprint density at radius 1 is 1.17 bits per heavy atom. The zero-order chi connectivity index (χ0) is 13.7. The molecule has 0 heterocycles. The van der Waals surface area contributed by atoms with Gasteiger partial charge in [-0.05, 0) is 44.9 Å². The Morgan fingerprint density at radius 2 is 1.72 bits per heavy atom. The van der Waals surface area contributed by atoms with Crippen molar-refractivity contribution in [3.63, 3.8) is 0 Å². The van der Waals surface area contributed by atoms with Gasteiger partial charge in [0.25, 0.3) is 0 Å². The van der Waals surface area contributed by atoms with E-state index in [1.54, 1.807) is 0 Å². The highest BCUT2D eigenvalue weighted by Gasteiger charge is 2.11. The fraction of sp³-hybridized carbons (Fsp3) is 0.571. The first-order valence-corrected chi connectivity index (χ1v) is 7.07. The lowest BCUT2D eigenvalue weighted by Gasteiger charge is -2.16. The molecule has 1 N–H and O–H groups in total. The van der Waals surface area contributed by atoms with E-state index >= 15 is 0 Å². The first kappa shape index (κ1) is 15.6. The molecular weight excluding hydrogens is 269 g/mol. The van der Waals surface area contributed by atoms with E-state index < -0.39 is 0 Å². The van der Waals surface area contributed by atoms with Crippen LogP contribution in [0.4, 0.5) is 0 Å². The van der Waals surface area contributed by atoms with Gasteiger partial charge in [-0.3, -0.25) is 0 Å². The van der Waals surface area contributed by atoms with Gasteiger partial charge < -0.3 is 10.1 Å². The summed E-state index contributed by atoms with van der Waals surface area (Å²) >= 11 is 12.4. The Kier molecular flexibility index (Phi) is 6.27. The fourth-order valence-corrected chi connectivity index (χ4v) is 2.12. The maximum Gasteiger partial charge on any atom is 0.156 e. The van der Waals surface area contributed by atoms with E-state index in [0.717, 1.165) is 18.5 Å². The number of hydrogen-bond acceptors (Lipinski definition) is 2. The summed E-state index contributed by atoms with van der Waals surface area (Å²) in [7, 11) is 0. The molecule has 1 atom stereocenters. The maximum atomic E-state index is 6.19. The van der Waals surface area contributed by atoms with Crippen LogP contribution in [0, 0.1) is 0 Å². The van der Waals surface area contributed by atoms with E-state index in [-0.39, 0.29) is 6.10 Å². The van der Waals surface area contributed by atoms with Crippen LogP contribution in [0.3, 0.4) is 0 Å². The smallest absolute Gasteiger partial charge is 0.156 e. The van der Waals surface area contributed by atoms with Gasteiger partial charge in [0.1, 0.15) is 0 Å². The van der Waals surface area contributed by atoms with Crippen molar-refractivity contribution in [2.45, 2.75) is 52.8 Å². The molecule has 2 nitrogen and oxygen atoms in total. The number of nitrogens with one attached hydrogen (secondary N) is 1. The standard InChI is InChI=1S/C14H21Cl2NO/c1-5-10(4)17-8-11-6-12(15)14(13(16)7-11)18-9(2)3/h6-7,9-10,17H,5,8H2,1-4H3/t10-/m1/s1. The molecule has 0 bridgehead atoms. The minimum Gasteiger partial charge on any atom is -0.488 e. The molecule has 0 fully saturated rings. The number of benzene rings is 1. The molecule has 0 amide bonds. The topological polar surface area (TPSA) is 21.3 Å². The van der Waals surface area contributed by atoms with Crippen molar-refractivity contribution in [2.75, 3.05) is 0 Å². The normalized spacial score (nSPS) is 12.8. The Hall–Kier alpha value is -0.440. The quantitative estimate of drug-likeness (QED) is 0.822. The SMILES string of the molecule is CC[C@@H](C)NCc1cc(Cl)c(OC(C)C)c(Cl)c1. The van der Waals surface area contributed by atoms with Crippen molar-refractivity contribution in [2.24, 2.45) is 0 Å². The third-order valence-corrected chi connectivity index (χ3v) is 3.24. The zero-order valence-electron chi connectivity index (χ0n) is 11.4. The first-order chi connectivity index (χ1) is 8.43. The van der Waals surface area contributed by atoms with Crippen LogP contribution in [-0.2, 0) is 6.54 Å². The third-order valence-electron chi connectivity index (χ3n) is 2.68. The number of rotatable bonds is 6. The van der Waals surface area contributed by atoms with Crippen LogP contribution in [0.15, 0.2) is 12.1 Å². The van der Waals surface area contributed by atoms with E-state index in [1.807, 2.05) is 26.0 Å². The van der Waals surface area contributed by atoms with E-state index in [9.17, 15) is 0 Å². The van der Waals surface area contributed by atoms with Crippen LogP contribution in [0.2, 0.25) is 10.0 Å². The summed E-state index contributed by atoms with van der Waals surface area (Å²) in [6.45, 7) is 8.96. The van der Waals surface area contributed by atoms with Crippen LogP contribution in [0.1, 0.15) is 39.7 Å². The summed E-state index contributed by atoms with van der Waals surface area (Å²) in [5.41, 5.74) is 1.07. The predicted molar refractivity (Wildman–Crippen MR) is 78.8 cm³/mol. The second-order valence-electron chi connectivity index (χ2n) is 4.75. The van der Waals surface area contributed by atoms with Crippen molar-refractivity contribution >= 4 is 23.2 Å². The van der Waals surface area contributed by atoms with Crippen LogP contribution >= 0.6 is 23.2 Å². The summed E-state index contributed by atoms with van der Waals surface area (Å²) in [5.74, 6) is 0.570. The van der Waals surface area contributed by atoms with Gasteiger partial charge in [-0.15, -0.1) is 0 Å². The molecule has 0 aliphatic heterocycles. The highest BCUT2D eigenvalue weighted by molar-refractivity contribution is 6.37. The number of hydrogen-bond donors (Lipinski definition) is 1. The van der Waals surface area contributed by atoms with E-state index in [2.05, 4.69) is 19.2 Å². The van der Waals surface area contributed by atoms with Gasteiger partial charge in [0.2, 0.25) is 0 Å². The Labute approximate surface area is 120 Å². The molecule has 0 aromatic heterocycles. The molecule has 0 saturated heterocycles. The van der Waals surface area contributed by atoms with Crippen LogP contribution in [-0.4, -0.2) is 12.1 Å². The van der Waals surface area contributed by atoms with Gasteiger partial charge in [0.15, 0.2) is 5.75 Å². The molecule has 18 heavy (non-hydrogen) atoms. The third kappa shape index (κ3) is 4.68. The number of ether oxygens (including phenoxy) is 1. The Bertz CT molecular complexity index is 370. The molecule has 0 unspecified atom stereocenters. The van der Waals surface area contributed by atoms with Gasteiger partial charge in [-0.25, -0.2) is 0 Å².